The molecule has 1 heterocycles. The van der Waals surface area contributed by atoms with Gasteiger partial charge in [-0.1, -0.05) is 24.3 Å². The summed E-state index contributed by atoms with van der Waals surface area (Å²) in [4.78, 5) is 44.1. The maximum atomic E-state index is 14.2. The minimum atomic E-state index is -1.67. The summed E-state index contributed by atoms with van der Waals surface area (Å²) in [6.45, 7) is 4.05. The van der Waals surface area contributed by atoms with Gasteiger partial charge in [0.25, 0.3) is 0 Å². The first-order valence-electron chi connectivity index (χ1n) is 11.0. The molecule has 1 spiro atoms. The number of hydrogen-bond donors (Lipinski definition) is 0. The van der Waals surface area contributed by atoms with Gasteiger partial charge in [0.2, 0.25) is 11.8 Å². The second kappa shape index (κ2) is 8.74. The monoisotopic (exact) mass is 470 g/mol. The first-order chi connectivity index (χ1) is 15.7. The van der Waals surface area contributed by atoms with E-state index >= 15 is 0 Å². The molecule has 0 bridgehead atoms. The smallest absolute Gasteiger partial charge is 0.245 e. The van der Waals surface area contributed by atoms with Gasteiger partial charge in [-0.05, 0) is 61.5 Å². The minimum absolute atomic E-state index is 0.0390. The summed E-state index contributed by atoms with van der Waals surface area (Å²) in [5.74, 6) is -3.62. The molecule has 1 saturated carbocycles. The summed E-state index contributed by atoms with van der Waals surface area (Å²) < 4.78 is 27.4. The molecule has 8 heteroatoms. The Morgan fingerprint density at radius 1 is 0.788 bits per heavy atom. The summed E-state index contributed by atoms with van der Waals surface area (Å²) in [5.41, 5.74) is -0.617. The SMILES string of the molecule is CCN1C(=O)C2(C(=O)N(CC)C1=S)C(c1ccc(F)cc1)CC(=O)CC2c1ccc(F)cc1. The molecule has 1 aliphatic heterocycles. The lowest BCUT2D eigenvalue weighted by molar-refractivity contribution is -0.163. The van der Waals surface area contributed by atoms with Crippen LogP contribution in [0, 0.1) is 17.0 Å². The van der Waals surface area contributed by atoms with Crippen LogP contribution in [0.15, 0.2) is 48.5 Å². The molecule has 5 nitrogen and oxygen atoms in total. The average Bonchev–Trinajstić information content (AvgIpc) is 2.80. The highest BCUT2D eigenvalue weighted by Crippen LogP contribution is 2.57. The van der Waals surface area contributed by atoms with Crippen molar-refractivity contribution in [3.8, 4) is 0 Å². The predicted octanol–water partition coefficient (Wildman–Crippen LogP) is 4.18. The van der Waals surface area contributed by atoms with Gasteiger partial charge in [0.05, 0.1) is 0 Å². The molecule has 2 fully saturated rings. The van der Waals surface area contributed by atoms with Crippen LogP contribution < -0.4 is 0 Å². The lowest BCUT2D eigenvalue weighted by Crippen LogP contribution is -2.69. The van der Waals surface area contributed by atoms with Gasteiger partial charge in [-0.15, -0.1) is 0 Å². The molecule has 2 unspecified atom stereocenters. The van der Waals surface area contributed by atoms with Crippen LogP contribution in [-0.4, -0.2) is 45.6 Å². The maximum Gasteiger partial charge on any atom is 0.245 e. The van der Waals surface area contributed by atoms with Gasteiger partial charge in [0, 0.05) is 37.8 Å². The summed E-state index contributed by atoms with van der Waals surface area (Å²) in [6.07, 6.45) is -0.0780. The zero-order valence-corrected chi connectivity index (χ0v) is 19.2. The van der Waals surface area contributed by atoms with E-state index in [0.29, 0.717) is 11.1 Å². The lowest BCUT2D eigenvalue weighted by atomic mass is 9.54. The molecule has 2 aromatic rings. The van der Waals surface area contributed by atoms with Gasteiger partial charge in [-0.2, -0.15) is 0 Å². The van der Waals surface area contributed by atoms with E-state index in [9.17, 15) is 23.2 Å². The van der Waals surface area contributed by atoms with Gasteiger partial charge < -0.3 is 0 Å². The Hall–Kier alpha value is -3.00. The van der Waals surface area contributed by atoms with Crippen LogP contribution in [0.4, 0.5) is 8.78 Å². The zero-order valence-electron chi connectivity index (χ0n) is 18.4. The Labute approximate surface area is 196 Å². The number of thiocarbonyl (C=S) groups is 1. The Balaban J connectivity index is 2.01. The van der Waals surface area contributed by atoms with Crippen molar-refractivity contribution in [2.45, 2.75) is 38.5 Å². The molecule has 33 heavy (non-hydrogen) atoms. The number of rotatable bonds is 4. The van der Waals surface area contributed by atoms with Crippen LogP contribution in [0.5, 0.6) is 0 Å². The van der Waals surface area contributed by atoms with E-state index in [4.69, 9.17) is 12.2 Å². The van der Waals surface area contributed by atoms with Gasteiger partial charge in [-0.25, -0.2) is 8.78 Å². The lowest BCUT2D eigenvalue weighted by Gasteiger charge is -2.53. The van der Waals surface area contributed by atoms with Crippen LogP contribution in [-0.2, 0) is 14.4 Å². The minimum Gasteiger partial charge on any atom is -0.300 e. The van der Waals surface area contributed by atoms with Crippen LogP contribution in [0.2, 0.25) is 0 Å². The van der Waals surface area contributed by atoms with Crippen molar-refractivity contribution in [2.75, 3.05) is 13.1 Å². The van der Waals surface area contributed by atoms with Crippen molar-refractivity contribution >= 4 is 34.9 Å². The average molecular weight is 471 g/mol. The molecule has 2 aliphatic rings. The third kappa shape index (κ3) is 3.57. The van der Waals surface area contributed by atoms with Crippen molar-refractivity contribution in [3.05, 3.63) is 71.3 Å². The van der Waals surface area contributed by atoms with Crippen molar-refractivity contribution in [1.82, 2.24) is 9.80 Å². The highest BCUT2D eigenvalue weighted by Gasteiger charge is 2.66. The number of carbonyl (C=O) groups excluding carboxylic acids is 3. The first-order valence-corrected chi connectivity index (χ1v) is 11.4. The van der Waals surface area contributed by atoms with Crippen LogP contribution in [0.1, 0.15) is 49.7 Å². The van der Waals surface area contributed by atoms with Gasteiger partial charge >= 0.3 is 0 Å². The second-order valence-electron chi connectivity index (χ2n) is 8.41. The van der Waals surface area contributed by atoms with Crippen LogP contribution in [0.3, 0.4) is 0 Å². The Morgan fingerprint density at radius 3 is 1.48 bits per heavy atom. The molecule has 2 atom stereocenters. The number of Topliss-reactive ketones (excluding diaryl/α,β-unsaturated/α-hetero) is 1. The Bertz CT molecular complexity index is 1030. The molecule has 0 radical (unpaired) electrons. The predicted molar refractivity (Wildman–Crippen MR) is 122 cm³/mol. The van der Waals surface area contributed by atoms with Crippen molar-refractivity contribution in [1.29, 1.82) is 0 Å². The number of amides is 2. The van der Waals surface area contributed by atoms with Crippen LogP contribution in [0.25, 0.3) is 0 Å². The first kappa shape index (κ1) is 23.2. The van der Waals surface area contributed by atoms with E-state index in [1.807, 2.05) is 0 Å². The highest BCUT2D eigenvalue weighted by atomic mass is 32.1. The van der Waals surface area contributed by atoms with E-state index in [2.05, 4.69) is 0 Å². The van der Waals surface area contributed by atoms with E-state index in [-0.39, 0.29) is 36.8 Å². The van der Waals surface area contributed by atoms with Gasteiger partial charge in [-0.3, -0.25) is 24.2 Å². The summed E-state index contributed by atoms with van der Waals surface area (Å²) >= 11 is 5.47. The molecule has 1 aliphatic carbocycles. The number of carbonyl (C=O) groups is 3. The summed E-state index contributed by atoms with van der Waals surface area (Å²) in [7, 11) is 0. The summed E-state index contributed by atoms with van der Waals surface area (Å²) in [5, 5.41) is 0.133. The number of halogens is 2. The molecular weight excluding hydrogens is 446 g/mol. The molecule has 172 valence electrons. The fraction of sp³-hybridized carbons (Fsp3) is 0.360. The van der Waals surface area contributed by atoms with E-state index in [0.717, 1.165) is 0 Å². The molecule has 2 aromatic carbocycles. The van der Waals surface area contributed by atoms with Crippen LogP contribution >= 0.6 is 12.2 Å². The number of benzene rings is 2. The standard InChI is InChI=1S/C25H24F2N2O3S/c1-3-28-22(31)25(23(32)29(4-2)24(28)33)20(15-5-9-17(26)10-6-15)13-19(30)14-21(25)16-7-11-18(27)12-8-16/h5-12,20-21H,3-4,13-14H2,1-2H3. The van der Waals surface area contributed by atoms with Gasteiger partial charge in [0.15, 0.2) is 5.11 Å². The molecule has 2 amide bonds. The molecule has 4 rings (SSSR count). The number of ketones is 1. The normalized spacial score (nSPS) is 22.9. The van der Waals surface area contributed by atoms with Gasteiger partial charge in [0.1, 0.15) is 22.8 Å². The van der Waals surface area contributed by atoms with E-state index in [1.165, 1.54) is 58.3 Å². The summed E-state index contributed by atoms with van der Waals surface area (Å²) in [6, 6.07) is 11.1. The topological polar surface area (TPSA) is 57.7 Å². The van der Waals surface area contributed by atoms with E-state index in [1.54, 1.807) is 13.8 Å². The third-order valence-electron chi connectivity index (χ3n) is 6.80. The molecular formula is C25H24F2N2O3S. The molecule has 1 saturated heterocycles. The third-order valence-corrected chi connectivity index (χ3v) is 7.24. The highest BCUT2D eigenvalue weighted by molar-refractivity contribution is 7.80. The Morgan fingerprint density at radius 2 is 1.15 bits per heavy atom. The molecule has 0 aromatic heterocycles. The fourth-order valence-corrected chi connectivity index (χ4v) is 5.69. The maximum absolute atomic E-state index is 14.2. The molecule has 0 N–H and O–H groups in total. The Kier molecular flexibility index (Phi) is 6.14. The quantitative estimate of drug-likeness (QED) is 0.497. The van der Waals surface area contributed by atoms with E-state index < -0.39 is 40.7 Å². The number of nitrogens with zero attached hydrogens (tertiary/aromatic N) is 2. The number of hydrogen-bond acceptors (Lipinski definition) is 4. The van der Waals surface area contributed by atoms with Crippen molar-refractivity contribution < 1.29 is 23.2 Å². The largest absolute Gasteiger partial charge is 0.300 e. The zero-order chi connectivity index (χ0) is 23.9. The fourth-order valence-electron chi connectivity index (χ4n) is 5.27. The second-order valence-corrected chi connectivity index (χ2v) is 8.77. The van der Waals surface area contributed by atoms with Crippen molar-refractivity contribution in [2.24, 2.45) is 5.41 Å². The van der Waals surface area contributed by atoms with Crippen molar-refractivity contribution in [3.63, 3.8) is 0 Å².